The summed E-state index contributed by atoms with van der Waals surface area (Å²) in [6.07, 6.45) is 75.4. The monoisotopic (exact) mass is 959 g/mol. The van der Waals surface area contributed by atoms with Gasteiger partial charge in [0, 0.05) is 19.3 Å². The summed E-state index contributed by atoms with van der Waals surface area (Å²) >= 11 is 0. The lowest BCUT2D eigenvalue weighted by molar-refractivity contribution is -0.167. The van der Waals surface area contributed by atoms with Crippen molar-refractivity contribution in [2.75, 3.05) is 13.2 Å². The van der Waals surface area contributed by atoms with Gasteiger partial charge in [-0.15, -0.1) is 0 Å². The van der Waals surface area contributed by atoms with Crippen LogP contribution in [0, 0.1) is 0 Å². The maximum atomic E-state index is 12.8. The van der Waals surface area contributed by atoms with E-state index in [4.69, 9.17) is 14.2 Å². The highest BCUT2D eigenvalue weighted by Gasteiger charge is 2.19. The molecule has 69 heavy (non-hydrogen) atoms. The molecule has 0 saturated heterocycles. The Balaban J connectivity index is 4.39. The van der Waals surface area contributed by atoms with E-state index in [1.807, 2.05) is 0 Å². The average Bonchev–Trinajstić information content (AvgIpc) is 3.35. The van der Waals surface area contributed by atoms with Gasteiger partial charge >= 0.3 is 17.9 Å². The van der Waals surface area contributed by atoms with Crippen molar-refractivity contribution in [2.24, 2.45) is 0 Å². The van der Waals surface area contributed by atoms with Gasteiger partial charge in [-0.3, -0.25) is 14.4 Å². The second kappa shape index (κ2) is 56.9. The summed E-state index contributed by atoms with van der Waals surface area (Å²) < 4.78 is 16.8. The molecule has 0 N–H and O–H groups in total. The molecule has 0 aromatic carbocycles. The third-order valence-corrected chi connectivity index (χ3v) is 12.1. The van der Waals surface area contributed by atoms with Crippen LogP contribution in [0.3, 0.4) is 0 Å². The van der Waals surface area contributed by atoms with Gasteiger partial charge in [-0.1, -0.05) is 240 Å². The van der Waals surface area contributed by atoms with Crippen molar-refractivity contribution in [2.45, 2.75) is 271 Å². The summed E-state index contributed by atoms with van der Waals surface area (Å²) in [7, 11) is 0. The maximum absolute atomic E-state index is 12.8. The molecule has 0 bridgehead atoms. The largest absolute Gasteiger partial charge is 0.462 e. The van der Waals surface area contributed by atoms with Crippen molar-refractivity contribution in [1.82, 2.24) is 0 Å². The minimum atomic E-state index is -0.794. The molecule has 0 aliphatic carbocycles. The van der Waals surface area contributed by atoms with Gasteiger partial charge in [0.1, 0.15) is 13.2 Å². The number of allylic oxidation sites excluding steroid dienone is 16. The first-order valence-electron chi connectivity index (χ1n) is 28.7. The van der Waals surface area contributed by atoms with E-state index in [1.165, 1.54) is 103 Å². The van der Waals surface area contributed by atoms with Crippen LogP contribution in [0.15, 0.2) is 97.2 Å². The number of unbranched alkanes of at least 4 members (excludes halogenated alkanes) is 24. The minimum absolute atomic E-state index is 0.0901. The molecule has 0 amide bonds. The Labute approximate surface area is 426 Å². The number of rotatable bonds is 51. The van der Waals surface area contributed by atoms with E-state index in [0.29, 0.717) is 19.3 Å². The Morgan fingerprint density at radius 1 is 0.304 bits per heavy atom. The lowest BCUT2D eigenvalue weighted by Gasteiger charge is -2.18. The van der Waals surface area contributed by atoms with Crippen molar-refractivity contribution in [1.29, 1.82) is 0 Å². The summed E-state index contributed by atoms with van der Waals surface area (Å²) in [5.41, 5.74) is 0. The standard InChI is InChI=1S/C63H106O6/c1-4-7-10-13-16-19-22-24-26-27-28-29-30-31-32-33-34-35-37-38-41-44-47-50-53-56-62(65)68-59-60(58-67-61(64)55-52-49-46-43-40-21-18-15-12-9-6-3)69-63(66)57-54-51-48-45-42-39-36-25-23-20-17-14-11-8-5-2/h7,10,16,19,24-26,28-29,31-32,34-36,38,41,60H,4-6,8-9,11-15,17-18,20-23,27,30,33,37,39-40,42-59H2,1-3H3/b10-7-,19-16-,26-24-,29-28-,32-31-,35-34-,36-25-,41-38-. The normalized spacial score (nSPS) is 12.8. The van der Waals surface area contributed by atoms with Crippen molar-refractivity contribution in [3.05, 3.63) is 97.2 Å². The Hall–Kier alpha value is -3.67. The van der Waals surface area contributed by atoms with Crippen LogP contribution in [0.1, 0.15) is 265 Å². The lowest BCUT2D eigenvalue weighted by atomic mass is 10.1. The zero-order chi connectivity index (χ0) is 50.0. The fourth-order valence-corrected chi connectivity index (χ4v) is 7.77. The van der Waals surface area contributed by atoms with Crippen LogP contribution in [0.5, 0.6) is 0 Å². The summed E-state index contributed by atoms with van der Waals surface area (Å²) in [6, 6.07) is 0. The van der Waals surface area contributed by atoms with Crippen molar-refractivity contribution < 1.29 is 28.6 Å². The van der Waals surface area contributed by atoms with Crippen LogP contribution < -0.4 is 0 Å². The van der Waals surface area contributed by atoms with Gasteiger partial charge in [-0.2, -0.15) is 0 Å². The van der Waals surface area contributed by atoms with Crippen LogP contribution in [0.25, 0.3) is 0 Å². The van der Waals surface area contributed by atoms with E-state index in [9.17, 15) is 14.4 Å². The summed E-state index contributed by atoms with van der Waals surface area (Å²) in [5, 5.41) is 0. The molecule has 0 aliphatic heterocycles. The van der Waals surface area contributed by atoms with Crippen LogP contribution in [0.2, 0.25) is 0 Å². The number of hydrogen-bond acceptors (Lipinski definition) is 6. The first-order valence-corrected chi connectivity index (χ1v) is 28.7. The fraction of sp³-hybridized carbons (Fsp3) is 0.698. The Bertz CT molecular complexity index is 1380. The Morgan fingerprint density at radius 3 is 0.913 bits per heavy atom. The van der Waals surface area contributed by atoms with E-state index in [0.717, 1.165) is 122 Å². The molecule has 0 rings (SSSR count). The topological polar surface area (TPSA) is 78.9 Å². The fourth-order valence-electron chi connectivity index (χ4n) is 7.77. The zero-order valence-electron chi connectivity index (χ0n) is 45.0. The smallest absolute Gasteiger partial charge is 0.306 e. The molecular weight excluding hydrogens is 853 g/mol. The molecule has 0 fully saturated rings. The molecule has 0 aromatic heterocycles. The number of esters is 3. The minimum Gasteiger partial charge on any atom is -0.462 e. The quantitative estimate of drug-likeness (QED) is 0.0262. The third-order valence-electron chi connectivity index (χ3n) is 12.1. The predicted molar refractivity (Wildman–Crippen MR) is 297 cm³/mol. The molecule has 0 aliphatic rings. The molecular formula is C63H106O6. The molecule has 0 radical (unpaired) electrons. The van der Waals surface area contributed by atoms with Gasteiger partial charge in [-0.25, -0.2) is 0 Å². The molecule has 0 saturated carbocycles. The van der Waals surface area contributed by atoms with E-state index >= 15 is 0 Å². The van der Waals surface area contributed by atoms with Gasteiger partial charge in [-0.05, 0) is 103 Å². The number of hydrogen-bond donors (Lipinski definition) is 0. The van der Waals surface area contributed by atoms with Crippen molar-refractivity contribution in [3.63, 3.8) is 0 Å². The van der Waals surface area contributed by atoms with Crippen LogP contribution in [0.4, 0.5) is 0 Å². The molecule has 1 unspecified atom stereocenters. The number of carbonyl (C=O) groups is 3. The second-order valence-electron chi connectivity index (χ2n) is 18.8. The first kappa shape index (κ1) is 65.3. The van der Waals surface area contributed by atoms with E-state index in [1.54, 1.807) is 0 Å². The van der Waals surface area contributed by atoms with E-state index in [2.05, 4.69) is 118 Å². The predicted octanol–water partition coefficient (Wildman–Crippen LogP) is 19.3. The van der Waals surface area contributed by atoms with E-state index < -0.39 is 6.10 Å². The first-order chi connectivity index (χ1) is 34.0. The average molecular weight is 960 g/mol. The molecule has 1 atom stereocenters. The molecule has 6 nitrogen and oxygen atoms in total. The molecule has 394 valence electrons. The number of ether oxygens (including phenoxy) is 3. The van der Waals surface area contributed by atoms with Gasteiger partial charge in [0.15, 0.2) is 6.10 Å². The van der Waals surface area contributed by atoms with Crippen molar-refractivity contribution in [3.8, 4) is 0 Å². The number of carbonyl (C=O) groups excluding carboxylic acids is 3. The molecule has 0 heterocycles. The highest BCUT2D eigenvalue weighted by atomic mass is 16.6. The Kier molecular flexibility index (Phi) is 53.9. The van der Waals surface area contributed by atoms with Gasteiger partial charge in [0.05, 0.1) is 0 Å². The maximum Gasteiger partial charge on any atom is 0.306 e. The Morgan fingerprint density at radius 2 is 0.565 bits per heavy atom. The SMILES string of the molecule is CC/C=C\C/C=C\C/C=C\C/C=C\C/C=C\C/C=C\C/C=C\CCCCCC(=O)OCC(COC(=O)CCCCCCCCCCCCC)OC(=O)CCCCCCC/C=C\CCCCCCCC. The van der Waals surface area contributed by atoms with Gasteiger partial charge in [0.2, 0.25) is 0 Å². The zero-order valence-corrected chi connectivity index (χ0v) is 45.0. The van der Waals surface area contributed by atoms with Crippen LogP contribution >= 0.6 is 0 Å². The van der Waals surface area contributed by atoms with Crippen LogP contribution in [-0.2, 0) is 28.6 Å². The van der Waals surface area contributed by atoms with Crippen molar-refractivity contribution >= 4 is 17.9 Å². The van der Waals surface area contributed by atoms with E-state index in [-0.39, 0.29) is 31.1 Å². The second-order valence-corrected chi connectivity index (χ2v) is 18.8. The summed E-state index contributed by atoms with van der Waals surface area (Å²) in [5.74, 6) is -0.931. The third kappa shape index (κ3) is 55.1. The molecule has 0 aromatic rings. The summed E-state index contributed by atoms with van der Waals surface area (Å²) in [6.45, 7) is 6.48. The van der Waals surface area contributed by atoms with Gasteiger partial charge < -0.3 is 14.2 Å². The van der Waals surface area contributed by atoms with Gasteiger partial charge in [0.25, 0.3) is 0 Å². The molecule has 0 spiro atoms. The highest BCUT2D eigenvalue weighted by Crippen LogP contribution is 2.14. The molecule has 6 heteroatoms. The highest BCUT2D eigenvalue weighted by molar-refractivity contribution is 5.71. The van der Waals surface area contributed by atoms with Crippen LogP contribution in [-0.4, -0.2) is 37.2 Å². The lowest BCUT2D eigenvalue weighted by Crippen LogP contribution is -2.30. The summed E-state index contributed by atoms with van der Waals surface area (Å²) in [4.78, 5) is 38.1.